The summed E-state index contributed by atoms with van der Waals surface area (Å²) in [7, 11) is 0. The number of alkyl halides is 3. The SMILES string of the molecule is CC1(C)OCC(Oc2ccc(N3C(=S)N(c4ccc(C#N)c(C(F)(F)F)c4)C(=O)C3(C)C)cc2)CO1. The summed E-state index contributed by atoms with van der Waals surface area (Å²) in [6.07, 6.45) is -5.05. The van der Waals surface area contributed by atoms with Crippen LogP contribution in [-0.4, -0.2) is 41.7 Å². The third kappa shape index (κ3) is 4.76. The van der Waals surface area contributed by atoms with Crippen molar-refractivity contribution in [1.82, 2.24) is 0 Å². The van der Waals surface area contributed by atoms with E-state index in [1.165, 1.54) is 12.1 Å². The van der Waals surface area contributed by atoms with Crippen LogP contribution in [0.1, 0.15) is 38.8 Å². The van der Waals surface area contributed by atoms with E-state index in [-0.39, 0.29) is 16.9 Å². The second-order valence-electron chi connectivity index (χ2n) is 9.41. The van der Waals surface area contributed by atoms with Gasteiger partial charge in [-0.15, -0.1) is 0 Å². The fourth-order valence-electron chi connectivity index (χ4n) is 4.07. The lowest BCUT2D eigenvalue weighted by atomic mass is 10.0. The number of carbonyl (C=O) groups is 1. The number of carbonyl (C=O) groups excluding carboxylic acids is 1. The van der Waals surface area contributed by atoms with Crippen LogP contribution in [0.2, 0.25) is 0 Å². The molecule has 2 aliphatic heterocycles. The van der Waals surface area contributed by atoms with Gasteiger partial charge >= 0.3 is 6.18 Å². The lowest BCUT2D eigenvalue weighted by Gasteiger charge is -2.35. The van der Waals surface area contributed by atoms with E-state index in [2.05, 4.69) is 0 Å². The predicted molar refractivity (Wildman–Crippen MR) is 130 cm³/mol. The molecule has 190 valence electrons. The summed E-state index contributed by atoms with van der Waals surface area (Å²) < 4.78 is 57.6. The summed E-state index contributed by atoms with van der Waals surface area (Å²) in [5.74, 6) is -0.594. The van der Waals surface area contributed by atoms with E-state index < -0.39 is 34.5 Å². The van der Waals surface area contributed by atoms with Gasteiger partial charge in [0, 0.05) is 5.69 Å². The zero-order chi connectivity index (χ0) is 26.5. The van der Waals surface area contributed by atoms with Crippen LogP contribution >= 0.6 is 12.2 Å². The average Bonchev–Trinajstić information content (AvgIpc) is 2.98. The highest BCUT2D eigenvalue weighted by atomic mass is 32.1. The van der Waals surface area contributed by atoms with Gasteiger partial charge in [-0.2, -0.15) is 18.4 Å². The van der Waals surface area contributed by atoms with Gasteiger partial charge in [-0.25, -0.2) is 0 Å². The minimum Gasteiger partial charge on any atom is -0.486 e. The third-order valence-electron chi connectivity index (χ3n) is 5.99. The largest absolute Gasteiger partial charge is 0.486 e. The highest BCUT2D eigenvalue weighted by Crippen LogP contribution is 2.40. The number of hydrogen-bond donors (Lipinski definition) is 0. The molecule has 7 nitrogen and oxygen atoms in total. The Hall–Kier alpha value is -3.20. The van der Waals surface area contributed by atoms with Gasteiger partial charge in [0.1, 0.15) is 17.4 Å². The fourth-order valence-corrected chi connectivity index (χ4v) is 4.59. The first kappa shape index (κ1) is 25.9. The van der Waals surface area contributed by atoms with Crippen molar-refractivity contribution < 1.29 is 32.2 Å². The molecule has 0 aromatic heterocycles. The molecule has 1 amide bonds. The Bertz CT molecular complexity index is 1230. The van der Waals surface area contributed by atoms with Gasteiger partial charge in [-0.3, -0.25) is 9.69 Å². The number of nitrogens with zero attached hydrogens (tertiary/aromatic N) is 3. The van der Waals surface area contributed by atoms with Gasteiger partial charge in [0.2, 0.25) is 0 Å². The molecule has 11 heteroatoms. The molecular weight excluding hydrogens is 495 g/mol. The number of amides is 1. The molecule has 0 spiro atoms. The molecule has 2 fully saturated rings. The van der Waals surface area contributed by atoms with Gasteiger partial charge in [0.05, 0.1) is 36.1 Å². The predicted octanol–water partition coefficient (Wildman–Crippen LogP) is 5.02. The molecule has 0 N–H and O–H groups in total. The van der Waals surface area contributed by atoms with Gasteiger partial charge in [0.25, 0.3) is 5.91 Å². The van der Waals surface area contributed by atoms with Crippen LogP contribution in [0.25, 0.3) is 0 Å². The molecule has 2 aliphatic rings. The van der Waals surface area contributed by atoms with Crippen molar-refractivity contribution in [2.45, 2.75) is 51.3 Å². The maximum Gasteiger partial charge on any atom is 0.417 e. The van der Waals surface area contributed by atoms with Crippen molar-refractivity contribution in [3.05, 3.63) is 53.6 Å². The molecule has 0 unspecified atom stereocenters. The molecule has 2 aromatic carbocycles. The summed E-state index contributed by atoms with van der Waals surface area (Å²) >= 11 is 5.56. The van der Waals surface area contributed by atoms with Crippen LogP contribution in [-0.2, 0) is 20.4 Å². The maximum atomic E-state index is 13.5. The molecule has 36 heavy (non-hydrogen) atoms. The van der Waals surface area contributed by atoms with E-state index in [1.54, 1.807) is 43.0 Å². The van der Waals surface area contributed by atoms with Crippen LogP contribution in [0.15, 0.2) is 42.5 Å². The molecule has 0 bridgehead atoms. The number of nitriles is 1. The van der Waals surface area contributed by atoms with Crippen molar-refractivity contribution >= 4 is 34.6 Å². The van der Waals surface area contributed by atoms with E-state index in [0.717, 1.165) is 17.0 Å². The Labute approximate surface area is 211 Å². The number of ether oxygens (including phenoxy) is 3. The topological polar surface area (TPSA) is 75.0 Å². The second kappa shape index (κ2) is 9.03. The standard InChI is InChI=1S/C25H24F3N3O4S/c1-23(2)21(32)30(17-6-5-15(12-29)20(11-17)25(26,27)28)22(36)31(23)16-7-9-18(10-8-16)35-19-13-33-24(3,4)34-14-19/h5-11,19H,13-14H2,1-4H3. The Morgan fingerprint density at radius 2 is 1.64 bits per heavy atom. The highest BCUT2D eigenvalue weighted by molar-refractivity contribution is 7.81. The van der Waals surface area contributed by atoms with Gasteiger partial charge in [0.15, 0.2) is 10.9 Å². The molecule has 0 radical (unpaired) electrons. The van der Waals surface area contributed by atoms with Gasteiger partial charge < -0.3 is 19.1 Å². The van der Waals surface area contributed by atoms with Gasteiger partial charge in [-0.05, 0) is 82.4 Å². The number of thiocarbonyl (C=S) groups is 1. The van der Waals surface area contributed by atoms with E-state index in [0.29, 0.717) is 24.7 Å². The fraction of sp³-hybridized carbons (Fsp3) is 0.400. The smallest absolute Gasteiger partial charge is 0.417 e. The highest BCUT2D eigenvalue weighted by Gasteiger charge is 2.50. The molecular formula is C25H24F3N3O4S. The first-order valence-electron chi connectivity index (χ1n) is 11.1. The number of anilines is 2. The third-order valence-corrected chi connectivity index (χ3v) is 6.35. The van der Waals surface area contributed by atoms with Crippen molar-refractivity contribution in [2.75, 3.05) is 23.0 Å². The van der Waals surface area contributed by atoms with Crippen LogP contribution in [0.4, 0.5) is 24.5 Å². The summed E-state index contributed by atoms with van der Waals surface area (Å²) in [6.45, 7) is 7.66. The summed E-state index contributed by atoms with van der Waals surface area (Å²) in [5.41, 5.74) is -2.34. The Morgan fingerprint density at radius 1 is 1.06 bits per heavy atom. The van der Waals surface area contributed by atoms with E-state index in [9.17, 15) is 18.0 Å². The minimum atomic E-state index is -4.76. The van der Waals surface area contributed by atoms with E-state index in [4.69, 9.17) is 31.7 Å². The van der Waals surface area contributed by atoms with Crippen LogP contribution < -0.4 is 14.5 Å². The molecule has 2 aromatic rings. The molecule has 0 aliphatic carbocycles. The zero-order valence-corrected chi connectivity index (χ0v) is 20.9. The molecule has 0 saturated carbocycles. The number of benzene rings is 2. The maximum absolute atomic E-state index is 13.5. The lowest BCUT2D eigenvalue weighted by molar-refractivity contribution is -0.268. The van der Waals surface area contributed by atoms with Gasteiger partial charge in [-0.1, -0.05) is 0 Å². The lowest BCUT2D eigenvalue weighted by Crippen LogP contribution is -2.44. The van der Waals surface area contributed by atoms with Crippen molar-refractivity contribution in [3.63, 3.8) is 0 Å². The summed E-state index contributed by atoms with van der Waals surface area (Å²) in [6, 6.07) is 11.5. The summed E-state index contributed by atoms with van der Waals surface area (Å²) in [4.78, 5) is 16.0. The molecule has 2 heterocycles. The van der Waals surface area contributed by atoms with Crippen molar-refractivity contribution in [1.29, 1.82) is 5.26 Å². The zero-order valence-electron chi connectivity index (χ0n) is 20.0. The van der Waals surface area contributed by atoms with E-state index in [1.807, 2.05) is 13.8 Å². The number of halogens is 3. The normalized spacial score (nSPS) is 19.9. The van der Waals surface area contributed by atoms with Crippen LogP contribution in [0, 0.1) is 11.3 Å². The first-order valence-corrected chi connectivity index (χ1v) is 11.5. The Balaban J connectivity index is 1.59. The van der Waals surface area contributed by atoms with Crippen LogP contribution in [0.3, 0.4) is 0 Å². The Morgan fingerprint density at radius 3 is 2.19 bits per heavy atom. The molecule has 0 atom stereocenters. The number of rotatable bonds is 4. The average molecular weight is 520 g/mol. The van der Waals surface area contributed by atoms with E-state index >= 15 is 0 Å². The minimum absolute atomic E-state index is 0.0211. The first-order chi connectivity index (χ1) is 16.7. The van der Waals surface area contributed by atoms with Crippen LogP contribution in [0.5, 0.6) is 5.75 Å². The number of hydrogen-bond acceptors (Lipinski definition) is 6. The summed E-state index contributed by atoms with van der Waals surface area (Å²) in [5, 5.41) is 9.10. The monoisotopic (exact) mass is 519 g/mol. The molecule has 2 saturated heterocycles. The second-order valence-corrected chi connectivity index (χ2v) is 9.78. The van der Waals surface area contributed by atoms with Crippen molar-refractivity contribution in [3.8, 4) is 11.8 Å². The Kier molecular flexibility index (Phi) is 6.49. The molecule has 4 rings (SSSR count). The van der Waals surface area contributed by atoms with Crippen molar-refractivity contribution in [2.24, 2.45) is 0 Å². The quantitative estimate of drug-likeness (QED) is 0.525.